The van der Waals surface area contributed by atoms with Crippen LogP contribution in [0.25, 0.3) is 0 Å². The first-order valence-electron chi connectivity index (χ1n) is 5.81. The Morgan fingerprint density at radius 3 is 2.40 bits per heavy atom. The van der Waals surface area contributed by atoms with Gasteiger partial charge in [-0.25, -0.2) is 0 Å². The van der Waals surface area contributed by atoms with Crippen LogP contribution in [0.4, 0.5) is 5.69 Å². The van der Waals surface area contributed by atoms with Crippen LogP contribution in [0.15, 0.2) is 12.1 Å². The summed E-state index contributed by atoms with van der Waals surface area (Å²) in [6.45, 7) is 2.31. The Kier molecular flexibility index (Phi) is 5.46. The topological polar surface area (TPSA) is 41.6 Å². The van der Waals surface area contributed by atoms with Crippen LogP contribution in [-0.2, 0) is 9.53 Å². The lowest BCUT2D eigenvalue weighted by Gasteiger charge is -2.28. The summed E-state index contributed by atoms with van der Waals surface area (Å²) in [5, 5.41) is 3.57. The van der Waals surface area contributed by atoms with Gasteiger partial charge in [-0.2, -0.15) is 0 Å². The van der Waals surface area contributed by atoms with Gasteiger partial charge in [0.15, 0.2) is 4.99 Å². The molecule has 0 unspecified atom stereocenters. The number of morpholine rings is 1. The highest BCUT2D eigenvalue weighted by atomic mass is 35.5. The van der Waals surface area contributed by atoms with Crippen molar-refractivity contribution in [2.24, 2.45) is 0 Å². The van der Waals surface area contributed by atoms with Gasteiger partial charge in [0.25, 0.3) is 5.91 Å². The molecule has 0 radical (unpaired) electrons. The number of rotatable bonds is 1. The molecule has 1 N–H and O–H groups in total. The average molecular weight is 354 g/mol. The monoisotopic (exact) mass is 352 g/mol. The molecule has 20 heavy (non-hydrogen) atoms. The van der Waals surface area contributed by atoms with Crippen LogP contribution >= 0.6 is 47.0 Å². The molecule has 2 rings (SSSR count). The fourth-order valence-electron chi connectivity index (χ4n) is 1.70. The van der Waals surface area contributed by atoms with E-state index in [1.165, 1.54) is 12.1 Å². The quantitative estimate of drug-likeness (QED) is 0.621. The van der Waals surface area contributed by atoms with Crippen LogP contribution in [0, 0.1) is 0 Å². The van der Waals surface area contributed by atoms with Gasteiger partial charge < -0.3 is 15.0 Å². The van der Waals surface area contributed by atoms with E-state index >= 15 is 0 Å². The Bertz CT molecular complexity index is 548. The molecule has 1 heterocycles. The van der Waals surface area contributed by atoms with E-state index in [0.29, 0.717) is 47.1 Å². The third-order valence-corrected chi connectivity index (χ3v) is 4.23. The third-order valence-electron chi connectivity index (χ3n) is 2.75. The number of carbonyl (C=O) groups is 1. The fraction of sp³-hybridized carbons (Fsp3) is 0.333. The summed E-state index contributed by atoms with van der Waals surface area (Å²) in [6, 6.07) is 2.96. The molecular weight excluding hydrogens is 343 g/mol. The lowest BCUT2D eigenvalue weighted by atomic mass is 10.3. The Labute approximate surface area is 136 Å². The molecule has 1 saturated heterocycles. The predicted molar refractivity (Wildman–Crippen MR) is 85.1 cm³/mol. The number of nitrogens with one attached hydrogen (secondary N) is 1. The first kappa shape index (κ1) is 15.8. The molecule has 0 atom stereocenters. The predicted octanol–water partition coefficient (Wildman–Crippen LogP) is 3.24. The van der Waals surface area contributed by atoms with Crippen molar-refractivity contribution in [1.82, 2.24) is 4.90 Å². The minimum atomic E-state index is -0.401. The number of halogens is 3. The van der Waals surface area contributed by atoms with Crippen LogP contribution in [0.1, 0.15) is 0 Å². The van der Waals surface area contributed by atoms with Gasteiger partial charge in [0, 0.05) is 13.1 Å². The lowest BCUT2D eigenvalue weighted by Crippen LogP contribution is -2.44. The lowest BCUT2D eigenvalue weighted by molar-refractivity contribution is -0.111. The van der Waals surface area contributed by atoms with E-state index in [1.54, 1.807) is 4.90 Å². The van der Waals surface area contributed by atoms with Crippen LogP contribution in [0.3, 0.4) is 0 Å². The number of amides is 1. The van der Waals surface area contributed by atoms with E-state index in [1.807, 2.05) is 0 Å². The molecule has 1 aromatic carbocycles. The molecule has 1 amide bonds. The molecule has 1 fully saturated rings. The molecular formula is C12H11Cl3N2O2S. The molecule has 108 valence electrons. The largest absolute Gasteiger partial charge is 0.378 e. The van der Waals surface area contributed by atoms with E-state index in [9.17, 15) is 4.79 Å². The van der Waals surface area contributed by atoms with Crippen LogP contribution in [0.5, 0.6) is 0 Å². The molecule has 1 aliphatic rings. The van der Waals surface area contributed by atoms with Crippen molar-refractivity contribution < 1.29 is 9.53 Å². The van der Waals surface area contributed by atoms with Crippen LogP contribution in [0.2, 0.25) is 15.1 Å². The maximum Gasteiger partial charge on any atom is 0.283 e. The Morgan fingerprint density at radius 2 is 1.75 bits per heavy atom. The van der Waals surface area contributed by atoms with Crippen molar-refractivity contribution in [3.8, 4) is 0 Å². The average Bonchev–Trinajstić information content (AvgIpc) is 2.44. The Hall–Kier alpha value is -0.590. The van der Waals surface area contributed by atoms with Gasteiger partial charge in [-0.3, -0.25) is 4.79 Å². The molecule has 1 aromatic rings. The fourth-order valence-corrected chi connectivity index (χ4v) is 2.53. The maximum absolute atomic E-state index is 12.1. The summed E-state index contributed by atoms with van der Waals surface area (Å²) in [5.41, 5.74) is 0.377. The van der Waals surface area contributed by atoms with Gasteiger partial charge in [0.05, 0.1) is 34.0 Å². The highest BCUT2D eigenvalue weighted by Gasteiger charge is 2.20. The molecule has 0 aliphatic carbocycles. The zero-order chi connectivity index (χ0) is 14.7. The van der Waals surface area contributed by atoms with Crippen LogP contribution < -0.4 is 5.32 Å². The van der Waals surface area contributed by atoms with E-state index in [4.69, 9.17) is 51.8 Å². The highest BCUT2D eigenvalue weighted by Crippen LogP contribution is 2.32. The van der Waals surface area contributed by atoms with Crippen molar-refractivity contribution in [1.29, 1.82) is 0 Å². The summed E-state index contributed by atoms with van der Waals surface area (Å²) in [5.74, 6) is -0.401. The van der Waals surface area contributed by atoms with Gasteiger partial charge in [0.2, 0.25) is 0 Å². The van der Waals surface area contributed by atoms with Gasteiger partial charge in [-0.05, 0) is 12.1 Å². The minimum absolute atomic E-state index is 0.204. The van der Waals surface area contributed by atoms with Gasteiger partial charge in [0.1, 0.15) is 0 Å². The van der Waals surface area contributed by atoms with E-state index in [-0.39, 0.29) is 4.99 Å². The van der Waals surface area contributed by atoms with Crippen LogP contribution in [-0.4, -0.2) is 42.1 Å². The zero-order valence-corrected chi connectivity index (χ0v) is 13.4. The smallest absolute Gasteiger partial charge is 0.283 e. The minimum Gasteiger partial charge on any atom is -0.378 e. The Balaban J connectivity index is 2.07. The summed E-state index contributed by atoms with van der Waals surface area (Å²) in [7, 11) is 0. The first-order chi connectivity index (χ1) is 9.49. The SMILES string of the molecule is O=C(Nc1cc(Cl)c(Cl)cc1Cl)C(=S)N1CCOCC1. The van der Waals surface area contributed by atoms with Crippen molar-refractivity contribution in [3.05, 3.63) is 27.2 Å². The summed E-state index contributed by atoms with van der Waals surface area (Å²) in [4.78, 5) is 14.1. The normalized spacial score (nSPS) is 15.1. The molecule has 0 saturated carbocycles. The second-order valence-corrected chi connectivity index (χ2v) is 5.71. The standard InChI is InChI=1S/C12H11Cl3N2O2S/c13-7-5-9(15)10(6-8(7)14)16-11(18)12(20)17-1-3-19-4-2-17/h5-6H,1-4H2,(H,16,18). The summed E-state index contributed by atoms with van der Waals surface area (Å²) >= 11 is 22.9. The number of hydrogen-bond acceptors (Lipinski definition) is 3. The number of anilines is 1. The van der Waals surface area contributed by atoms with Crippen molar-refractivity contribution in [3.63, 3.8) is 0 Å². The second kappa shape index (κ2) is 6.91. The van der Waals surface area contributed by atoms with E-state index in [2.05, 4.69) is 5.32 Å². The molecule has 0 bridgehead atoms. The number of carbonyl (C=O) groups excluding carboxylic acids is 1. The molecule has 4 nitrogen and oxygen atoms in total. The van der Waals surface area contributed by atoms with Gasteiger partial charge in [-0.15, -0.1) is 0 Å². The maximum atomic E-state index is 12.1. The molecule has 0 aromatic heterocycles. The van der Waals surface area contributed by atoms with Gasteiger partial charge >= 0.3 is 0 Å². The van der Waals surface area contributed by atoms with Crippen molar-refractivity contribution >= 4 is 63.6 Å². The number of thiocarbonyl (C=S) groups is 1. The number of hydrogen-bond donors (Lipinski definition) is 1. The summed E-state index contributed by atoms with van der Waals surface area (Å²) < 4.78 is 5.21. The zero-order valence-electron chi connectivity index (χ0n) is 10.3. The number of ether oxygens (including phenoxy) is 1. The first-order valence-corrected chi connectivity index (χ1v) is 7.36. The molecule has 8 heteroatoms. The highest BCUT2D eigenvalue weighted by molar-refractivity contribution is 7.82. The summed E-state index contributed by atoms with van der Waals surface area (Å²) in [6.07, 6.45) is 0. The van der Waals surface area contributed by atoms with Gasteiger partial charge in [-0.1, -0.05) is 47.0 Å². The van der Waals surface area contributed by atoms with Crippen molar-refractivity contribution in [2.75, 3.05) is 31.6 Å². The number of nitrogens with zero attached hydrogens (tertiary/aromatic N) is 1. The van der Waals surface area contributed by atoms with E-state index in [0.717, 1.165) is 0 Å². The second-order valence-electron chi connectivity index (χ2n) is 4.10. The molecule has 1 aliphatic heterocycles. The Morgan fingerprint density at radius 1 is 1.15 bits per heavy atom. The van der Waals surface area contributed by atoms with E-state index < -0.39 is 5.91 Å². The molecule has 0 spiro atoms. The number of benzene rings is 1. The third kappa shape index (κ3) is 3.74. The van der Waals surface area contributed by atoms with Crippen molar-refractivity contribution in [2.45, 2.75) is 0 Å².